The van der Waals surface area contributed by atoms with Crippen LogP contribution in [0.25, 0.3) is 11.1 Å². The highest BCUT2D eigenvalue weighted by Crippen LogP contribution is 2.40. The lowest BCUT2D eigenvalue weighted by molar-refractivity contribution is -0.139. The highest BCUT2D eigenvalue weighted by atomic mass is 19.4. The minimum atomic E-state index is -4.44. The van der Waals surface area contributed by atoms with E-state index < -0.39 is 29.6 Å². The smallest absolute Gasteiger partial charge is 0.416 e. The first-order chi connectivity index (χ1) is 17.6. The third-order valence-corrected chi connectivity index (χ3v) is 6.19. The van der Waals surface area contributed by atoms with Gasteiger partial charge < -0.3 is 23.9 Å². The van der Waals surface area contributed by atoms with Crippen LogP contribution in [0.5, 0.6) is 11.5 Å². The second kappa shape index (κ2) is 9.30. The molecule has 0 spiro atoms. The zero-order chi connectivity index (χ0) is 26.3. The molecule has 37 heavy (non-hydrogen) atoms. The van der Waals surface area contributed by atoms with Gasteiger partial charge in [0.05, 0.1) is 12.7 Å². The molecule has 7 nitrogen and oxygen atoms in total. The number of aliphatic carboxylic acids is 1. The van der Waals surface area contributed by atoms with Gasteiger partial charge in [0.1, 0.15) is 24.0 Å². The Kier molecular flexibility index (Phi) is 6.14. The van der Waals surface area contributed by atoms with Gasteiger partial charge in [0.25, 0.3) is 6.01 Å². The number of rotatable bonds is 6. The molecule has 1 aromatic heterocycles. The summed E-state index contributed by atoms with van der Waals surface area (Å²) in [5.74, 6) is -0.961. The number of carboxylic acids is 1. The van der Waals surface area contributed by atoms with Crippen molar-refractivity contribution >= 4 is 23.1 Å². The number of anilines is 1. The number of methoxy groups -OCH3 is 1. The minimum absolute atomic E-state index is 0.0112. The van der Waals surface area contributed by atoms with Crippen LogP contribution in [0.4, 0.5) is 23.6 Å². The van der Waals surface area contributed by atoms with Crippen LogP contribution in [0.3, 0.4) is 0 Å². The van der Waals surface area contributed by atoms with Gasteiger partial charge in [-0.1, -0.05) is 18.2 Å². The highest BCUT2D eigenvalue weighted by molar-refractivity contribution is 5.81. The molecular formula is C26H20F4N2O5. The summed E-state index contributed by atoms with van der Waals surface area (Å²) in [5, 5.41) is 10.00. The van der Waals surface area contributed by atoms with E-state index in [1.165, 1.54) is 42.3 Å². The number of aromatic nitrogens is 1. The number of halogens is 4. The number of fused-ring (bicyclic) bond motifs is 2. The van der Waals surface area contributed by atoms with E-state index in [9.17, 15) is 27.5 Å². The van der Waals surface area contributed by atoms with E-state index in [4.69, 9.17) is 13.9 Å². The molecule has 0 fully saturated rings. The van der Waals surface area contributed by atoms with Gasteiger partial charge in [-0.15, -0.1) is 0 Å². The molecule has 2 heterocycles. The van der Waals surface area contributed by atoms with Crippen LogP contribution >= 0.6 is 0 Å². The molecule has 0 saturated heterocycles. The molecule has 1 atom stereocenters. The Labute approximate surface area is 207 Å². The van der Waals surface area contributed by atoms with Crippen molar-refractivity contribution in [2.24, 2.45) is 0 Å². The molecule has 0 aliphatic carbocycles. The normalized spacial score (nSPS) is 15.5. The van der Waals surface area contributed by atoms with E-state index in [0.29, 0.717) is 28.1 Å². The molecule has 5 rings (SSSR count). The quantitative estimate of drug-likeness (QED) is 0.335. The number of hydrogen-bond donors (Lipinski definition) is 1. The number of oxazole rings is 1. The number of ether oxygens (including phenoxy) is 2. The van der Waals surface area contributed by atoms with Crippen molar-refractivity contribution in [1.82, 2.24) is 4.98 Å². The summed E-state index contributed by atoms with van der Waals surface area (Å²) in [5.41, 5.74) is 1.64. The maximum absolute atomic E-state index is 13.6. The van der Waals surface area contributed by atoms with Crippen LogP contribution in [0.2, 0.25) is 0 Å². The molecule has 4 aromatic rings. The molecule has 0 radical (unpaired) electrons. The Morgan fingerprint density at radius 2 is 1.92 bits per heavy atom. The molecule has 0 bridgehead atoms. The van der Waals surface area contributed by atoms with Crippen LogP contribution in [0.15, 0.2) is 59.0 Å². The maximum atomic E-state index is 13.6. The monoisotopic (exact) mass is 516 g/mol. The van der Waals surface area contributed by atoms with Crippen molar-refractivity contribution in [1.29, 1.82) is 0 Å². The fraction of sp³-hybridized carbons (Fsp3) is 0.231. The molecule has 1 N–H and O–H groups in total. The average Bonchev–Trinajstić information content (AvgIpc) is 3.29. The van der Waals surface area contributed by atoms with Gasteiger partial charge in [0, 0.05) is 24.6 Å². The predicted molar refractivity (Wildman–Crippen MR) is 124 cm³/mol. The predicted octanol–water partition coefficient (Wildman–Crippen LogP) is 5.59. The van der Waals surface area contributed by atoms with E-state index in [1.54, 1.807) is 12.1 Å². The number of benzene rings is 3. The summed E-state index contributed by atoms with van der Waals surface area (Å²) in [7, 11) is 1.44. The Balaban J connectivity index is 1.46. The summed E-state index contributed by atoms with van der Waals surface area (Å²) in [6, 6.07) is 10.9. The van der Waals surface area contributed by atoms with E-state index in [0.717, 1.165) is 17.7 Å². The van der Waals surface area contributed by atoms with Crippen molar-refractivity contribution in [2.45, 2.75) is 31.8 Å². The molecule has 1 aliphatic heterocycles. The zero-order valence-electron chi connectivity index (χ0n) is 19.4. The van der Waals surface area contributed by atoms with Crippen LogP contribution < -0.4 is 14.4 Å². The number of carbonyl (C=O) groups is 1. The molecular weight excluding hydrogens is 496 g/mol. The summed E-state index contributed by atoms with van der Waals surface area (Å²) < 4.78 is 69.3. The molecule has 192 valence electrons. The lowest BCUT2D eigenvalue weighted by atomic mass is 9.93. The Morgan fingerprint density at radius 3 is 2.59 bits per heavy atom. The topological polar surface area (TPSA) is 85.0 Å². The molecule has 3 aromatic carbocycles. The first kappa shape index (κ1) is 24.4. The third-order valence-electron chi connectivity index (χ3n) is 6.19. The van der Waals surface area contributed by atoms with Crippen molar-refractivity contribution in [2.75, 3.05) is 12.0 Å². The second-order valence-electron chi connectivity index (χ2n) is 8.51. The first-order valence-electron chi connectivity index (χ1n) is 11.2. The lowest BCUT2D eigenvalue weighted by Gasteiger charge is -2.34. The van der Waals surface area contributed by atoms with Gasteiger partial charge in [-0.05, 0) is 41.5 Å². The molecule has 0 saturated carbocycles. The first-order valence-corrected chi connectivity index (χ1v) is 11.2. The average molecular weight is 516 g/mol. The maximum Gasteiger partial charge on any atom is 0.416 e. The number of alkyl halides is 3. The van der Waals surface area contributed by atoms with E-state index in [1.807, 2.05) is 0 Å². The van der Waals surface area contributed by atoms with Gasteiger partial charge in [-0.25, -0.2) is 9.18 Å². The van der Waals surface area contributed by atoms with E-state index in [-0.39, 0.29) is 31.2 Å². The van der Waals surface area contributed by atoms with Crippen LogP contribution in [0.1, 0.15) is 22.3 Å². The standard InChI is InChI=1S/C26H20F4N2O5/c1-35-21-9-4-15-12-32(25-31-19-8-7-17(27)10-22(19)37-25)20(24(33)34)11-18(15)23(21)36-13-14-2-5-16(6-3-14)26(28,29)30/h2-10,20H,11-13H2,1H3,(H,33,34)/t20-/m0/s1. The van der Waals surface area contributed by atoms with Crippen LogP contribution in [0, 0.1) is 5.82 Å². The number of hydrogen-bond acceptors (Lipinski definition) is 6. The molecule has 1 aliphatic rings. The Morgan fingerprint density at radius 1 is 1.16 bits per heavy atom. The van der Waals surface area contributed by atoms with E-state index in [2.05, 4.69) is 4.98 Å². The fourth-order valence-electron chi connectivity index (χ4n) is 4.31. The minimum Gasteiger partial charge on any atom is -0.493 e. The van der Waals surface area contributed by atoms with Gasteiger partial charge in [-0.2, -0.15) is 18.2 Å². The van der Waals surface area contributed by atoms with E-state index >= 15 is 0 Å². The van der Waals surface area contributed by atoms with Gasteiger partial charge >= 0.3 is 12.1 Å². The Hall–Kier alpha value is -4.28. The van der Waals surface area contributed by atoms with Gasteiger partial charge in [-0.3, -0.25) is 0 Å². The number of carboxylic acid groups (broad SMARTS) is 1. The largest absolute Gasteiger partial charge is 0.493 e. The third kappa shape index (κ3) is 4.76. The van der Waals surface area contributed by atoms with Crippen LogP contribution in [-0.4, -0.2) is 29.2 Å². The Bertz CT molecular complexity index is 1470. The van der Waals surface area contributed by atoms with Crippen molar-refractivity contribution in [3.8, 4) is 11.5 Å². The van der Waals surface area contributed by atoms with Crippen molar-refractivity contribution in [3.63, 3.8) is 0 Å². The molecule has 11 heteroatoms. The lowest BCUT2D eigenvalue weighted by Crippen LogP contribution is -2.46. The summed E-state index contributed by atoms with van der Waals surface area (Å²) >= 11 is 0. The number of nitrogens with zero attached hydrogens (tertiary/aromatic N) is 2. The second-order valence-corrected chi connectivity index (χ2v) is 8.51. The van der Waals surface area contributed by atoms with Crippen molar-refractivity contribution < 1.29 is 41.4 Å². The summed E-state index contributed by atoms with van der Waals surface area (Å²) in [4.78, 5) is 18.1. The SMILES string of the molecule is COc1ccc2c(c1OCc1ccc(C(F)(F)F)cc1)C[C@@H](C(=O)O)N(c1nc3ccc(F)cc3o1)C2. The van der Waals surface area contributed by atoms with Gasteiger partial charge in [0.15, 0.2) is 17.1 Å². The molecule has 0 unspecified atom stereocenters. The van der Waals surface area contributed by atoms with Gasteiger partial charge in [0.2, 0.25) is 0 Å². The fourth-order valence-corrected chi connectivity index (χ4v) is 4.31. The highest BCUT2D eigenvalue weighted by Gasteiger charge is 2.37. The molecule has 0 amide bonds. The van der Waals surface area contributed by atoms with Crippen molar-refractivity contribution in [3.05, 3.63) is 82.7 Å². The summed E-state index contributed by atoms with van der Waals surface area (Å²) in [6.45, 7) is 0.0608. The zero-order valence-corrected chi connectivity index (χ0v) is 19.4. The van der Waals surface area contributed by atoms with Crippen LogP contribution in [-0.2, 0) is 30.5 Å². The summed E-state index contributed by atoms with van der Waals surface area (Å²) in [6.07, 6.45) is -4.43.